The zero-order valence-electron chi connectivity index (χ0n) is 14.8. The minimum absolute atomic E-state index is 0.0845. The molecular formula is C20H24N4O2. The predicted molar refractivity (Wildman–Crippen MR) is 99.0 cm³/mol. The van der Waals surface area contributed by atoms with Crippen LogP contribution in [0.3, 0.4) is 0 Å². The second-order valence-electron chi connectivity index (χ2n) is 7.04. The van der Waals surface area contributed by atoms with Crippen LogP contribution in [-0.2, 0) is 11.2 Å². The minimum atomic E-state index is 0.0845. The zero-order valence-corrected chi connectivity index (χ0v) is 14.8. The molecule has 2 fully saturated rings. The lowest BCUT2D eigenvalue weighted by Crippen LogP contribution is -2.30. The van der Waals surface area contributed by atoms with Crippen molar-refractivity contribution in [3.63, 3.8) is 0 Å². The van der Waals surface area contributed by atoms with Crippen molar-refractivity contribution in [2.45, 2.75) is 25.3 Å². The number of amides is 1. The number of carbonyl (C=O) groups is 1. The molecule has 2 saturated heterocycles. The number of nitrogens with one attached hydrogen (secondary N) is 1. The van der Waals surface area contributed by atoms with Crippen molar-refractivity contribution in [2.24, 2.45) is 5.92 Å². The normalized spacial score (nSPS) is 22.5. The summed E-state index contributed by atoms with van der Waals surface area (Å²) < 4.78 is 5.68. The first-order chi connectivity index (χ1) is 12.8. The molecule has 0 saturated carbocycles. The van der Waals surface area contributed by atoms with Gasteiger partial charge in [0.05, 0.1) is 24.8 Å². The van der Waals surface area contributed by atoms with E-state index >= 15 is 0 Å². The number of anilines is 1. The highest BCUT2D eigenvalue weighted by atomic mass is 16.5. The number of likely N-dealkylation sites (tertiary alicyclic amines) is 1. The van der Waals surface area contributed by atoms with Crippen LogP contribution in [0, 0.1) is 5.92 Å². The molecule has 6 heteroatoms. The Kier molecular flexibility index (Phi) is 5.11. The highest BCUT2D eigenvalue weighted by molar-refractivity contribution is 5.94. The second kappa shape index (κ2) is 7.83. The monoisotopic (exact) mass is 352 g/mol. The van der Waals surface area contributed by atoms with E-state index in [1.54, 1.807) is 6.20 Å². The van der Waals surface area contributed by atoms with Gasteiger partial charge in [0.1, 0.15) is 5.82 Å². The standard InChI is InChI=1S/C20H24N4O2/c25-20(24-9-1-2-10-24)16-3-4-19(22-12-16)23-18-14-26-13-17(18)11-15-5-7-21-8-6-15/h3-8,12,17-18H,1-2,9-11,13-14H2,(H,22,23)/t17-,18+/m1/s1. The largest absolute Gasteiger partial charge is 0.379 e. The summed E-state index contributed by atoms with van der Waals surface area (Å²) >= 11 is 0. The fraction of sp³-hybridized carbons (Fsp3) is 0.450. The fourth-order valence-electron chi connectivity index (χ4n) is 3.68. The quantitative estimate of drug-likeness (QED) is 0.895. The van der Waals surface area contributed by atoms with Crippen LogP contribution in [0.25, 0.3) is 0 Å². The highest BCUT2D eigenvalue weighted by Gasteiger charge is 2.28. The van der Waals surface area contributed by atoms with Crippen molar-refractivity contribution in [1.82, 2.24) is 14.9 Å². The summed E-state index contributed by atoms with van der Waals surface area (Å²) in [7, 11) is 0. The van der Waals surface area contributed by atoms with Gasteiger partial charge in [-0.2, -0.15) is 0 Å². The summed E-state index contributed by atoms with van der Waals surface area (Å²) in [5.74, 6) is 1.27. The van der Waals surface area contributed by atoms with E-state index in [0.717, 1.165) is 44.8 Å². The van der Waals surface area contributed by atoms with Crippen LogP contribution in [0.2, 0.25) is 0 Å². The topological polar surface area (TPSA) is 67.3 Å². The minimum Gasteiger partial charge on any atom is -0.379 e. The van der Waals surface area contributed by atoms with Crippen molar-refractivity contribution >= 4 is 11.7 Å². The molecule has 4 heterocycles. The Hall–Kier alpha value is -2.47. The lowest BCUT2D eigenvalue weighted by Gasteiger charge is -2.20. The van der Waals surface area contributed by atoms with E-state index in [9.17, 15) is 4.79 Å². The summed E-state index contributed by atoms with van der Waals surface area (Å²) in [5, 5.41) is 3.47. The first-order valence-corrected chi connectivity index (χ1v) is 9.28. The summed E-state index contributed by atoms with van der Waals surface area (Å²) in [6, 6.07) is 8.07. The first-order valence-electron chi connectivity index (χ1n) is 9.28. The second-order valence-corrected chi connectivity index (χ2v) is 7.04. The van der Waals surface area contributed by atoms with Crippen molar-refractivity contribution in [3.8, 4) is 0 Å². The number of pyridine rings is 2. The molecular weight excluding hydrogens is 328 g/mol. The molecule has 26 heavy (non-hydrogen) atoms. The first kappa shape index (κ1) is 17.0. The number of rotatable bonds is 5. The molecule has 1 amide bonds. The Balaban J connectivity index is 1.37. The van der Waals surface area contributed by atoms with E-state index in [2.05, 4.69) is 15.3 Å². The molecule has 4 rings (SSSR count). The van der Waals surface area contributed by atoms with Gasteiger partial charge in [0.2, 0.25) is 0 Å². The fourth-order valence-corrected chi connectivity index (χ4v) is 3.68. The van der Waals surface area contributed by atoms with Crippen LogP contribution in [-0.4, -0.2) is 53.1 Å². The molecule has 136 valence electrons. The molecule has 2 aromatic heterocycles. The molecule has 0 aliphatic carbocycles. The number of ether oxygens (including phenoxy) is 1. The predicted octanol–water partition coefficient (Wildman–Crippen LogP) is 2.38. The van der Waals surface area contributed by atoms with Gasteiger partial charge in [-0.25, -0.2) is 4.98 Å². The molecule has 2 aliphatic rings. The Morgan fingerprint density at radius 2 is 1.96 bits per heavy atom. The van der Waals surface area contributed by atoms with Gasteiger partial charge in [-0.1, -0.05) is 0 Å². The molecule has 2 aromatic rings. The summed E-state index contributed by atoms with van der Waals surface area (Å²) in [6.45, 7) is 3.13. The number of carbonyl (C=O) groups excluding carboxylic acids is 1. The average Bonchev–Trinajstić information content (AvgIpc) is 3.35. The van der Waals surface area contributed by atoms with Crippen LogP contribution in [0.5, 0.6) is 0 Å². The van der Waals surface area contributed by atoms with Gasteiger partial charge >= 0.3 is 0 Å². The zero-order chi connectivity index (χ0) is 17.8. The Labute approximate surface area is 153 Å². The van der Waals surface area contributed by atoms with Crippen LogP contribution in [0.15, 0.2) is 42.9 Å². The van der Waals surface area contributed by atoms with E-state index in [0.29, 0.717) is 18.1 Å². The van der Waals surface area contributed by atoms with Gasteiger partial charge < -0.3 is 15.0 Å². The van der Waals surface area contributed by atoms with Crippen molar-refractivity contribution in [3.05, 3.63) is 54.0 Å². The lowest BCUT2D eigenvalue weighted by atomic mass is 9.95. The third kappa shape index (κ3) is 3.85. The van der Waals surface area contributed by atoms with E-state index in [1.165, 1.54) is 5.56 Å². The van der Waals surface area contributed by atoms with Gasteiger partial charge in [0.25, 0.3) is 5.91 Å². The third-order valence-electron chi connectivity index (χ3n) is 5.18. The smallest absolute Gasteiger partial charge is 0.255 e. The van der Waals surface area contributed by atoms with Gasteiger partial charge in [0.15, 0.2) is 0 Å². The molecule has 1 N–H and O–H groups in total. The molecule has 0 bridgehead atoms. The van der Waals surface area contributed by atoms with Crippen molar-refractivity contribution in [2.75, 3.05) is 31.6 Å². The van der Waals surface area contributed by atoms with Crippen LogP contribution in [0.1, 0.15) is 28.8 Å². The Bertz CT molecular complexity index is 729. The summed E-state index contributed by atoms with van der Waals surface area (Å²) in [6.07, 6.45) is 8.47. The van der Waals surface area contributed by atoms with E-state index in [1.807, 2.05) is 41.6 Å². The van der Waals surface area contributed by atoms with Gasteiger partial charge in [0, 0.05) is 37.6 Å². The van der Waals surface area contributed by atoms with Crippen molar-refractivity contribution in [1.29, 1.82) is 0 Å². The SMILES string of the molecule is O=C(c1ccc(N[C@H]2COC[C@H]2Cc2ccncc2)nc1)N1CCCC1. The van der Waals surface area contributed by atoms with Gasteiger partial charge in [-0.3, -0.25) is 9.78 Å². The van der Waals surface area contributed by atoms with Crippen molar-refractivity contribution < 1.29 is 9.53 Å². The van der Waals surface area contributed by atoms with Gasteiger partial charge in [-0.15, -0.1) is 0 Å². The number of hydrogen-bond acceptors (Lipinski definition) is 5. The third-order valence-corrected chi connectivity index (χ3v) is 5.18. The molecule has 0 unspecified atom stereocenters. The van der Waals surface area contributed by atoms with E-state index < -0.39 is 0 Å². The van der Waals surface area contributed by atoms with E-state index in [4.69, 9.17) is 4.74 Å². The molecule has 6 nitrogen and oxygen atoms in total. The van der Waals surface area contributed by atoms with Gasteiger partial charge in [-0.05, 0) is 49.1 Å². The molecule has 2 atom stereocenters. The Morgan fingerprint density at radius 1 is 1.15 bits per heavy atom. The average molecular weight is 352 g/mol. The Morgan fingerprint density at radius 3 is 2.69 bits per heavy atom. The van der Waals surface area contributed by atoms with E-state index in [-0.39, 0.29) is 11.9 Å². The van der Waals surface area contributed by atoms with Crippen LogP contribution >= 0.6 is 0 Å². The maximum Gasteiger partial charge on any atom is 0.255 e. The van der Waals surface area contributed by atoms with Crippen LogP contribution < -0.4 is 5.32 Å². The number of nitrogens with zero attached hydrogens (tertiary/aromatic N) is 3. The summed E-state index contributed by atoms with van der Waals surface area (Å²) in [4.78, 5) is 22.8. The molecule has 0 aromatic carbocycles. The molecule has 0 radical (unpaired) electrons. The maximum absolute atomic E-state index is 12.4. The maximum atomic E-state index is 12.4. The number of hydrogen-bond donors (Lipinski definition) is 1. The van der Waals surface area contributed by atoms with Crippen LogP contribution in [0.4, 0.5) is 5.82 Å². The lowest BCUT2D eigenvalue weighted by molar-refractivity contribution is 0.0792. The summed E-state index contributed by atoms with van der Waals surface area (Å²) in [5.41, 5.74) is 1.93. The molecule has 2 aliphatic heterocycles. The highest BCUT2D eigenvalue weighted by Crippen LogP contribution is 2.22. The molecule has 0 spiro atoms. The number of aromatic nitrogens is 2.